The molecule has 0 spiro atoms. The lowest BCUT2D eigenvalue weighted by Crippen LogP contribution is -2.43. The molecule has 164 valence electrons. The van der Waals surface area contributed by atoms with Gasteiger partial charge in [-0.2, -0.15) is 0 Å². The van der Waals surface area contributed by atoms with Gasteiger partial charge in [0.25, 0.3) is 11.2 Å². The van der Waals surface area contributed by atoms with Crippen molar-refractivity contribution in [3.63, 3.8) is 0 Å². The van der Waals surface area contributed by atoms with Crippen LogP contribution in [0.4, 0.5) is 11.5 Å². The zero-order valence-electron chi connectivity index (χ0n) is 18.0. The normalized spacial score (nSPS) is 15.5. The molecule has 0 fully saturated rings. The third-order valence-electron chi connectivity index (χ3n) is 5.19. The first-order chi connectivity index (χ1) is 14.5. The Morgan fingerprint density at radius 2 is 1.81 bits per heavy atom. The number of non-ortho nitro benzene ring substituents is 1. The number of anilines is 1. The van der Waals surface area contributed by atoms with Crippen molar-refractivity contribution in [3.05, 3.63) is 77.6 Å². The molecule has 10 heteroatoms. The number of aromatic nitrogens is 2. The average molecular weight is 428 g/mol. The number of carbonyl (C=O) groups is 1. The Bertz CT molecular complexity index is 1200. The van der Waals surface area contributed by atoms with E-state index in [4.69, 9.17) is 4.74 Å². The van der Waals surface area contributed by atoms with Crippen molar-refractivity contribution in [2.75, 3.05) is 11.9 Å². The minimum atomic E-state index is -0.859. The second-order valence-corrected chi connectivity index (χ2v) is 7.91. The van der Waals surface area contributed by atoms with Gasteiger partial charge in [-0.15, -0.1) is 0 Å². The van der Waals surface area contributed by atoms with Crippen LogP contribution in [-0.4, -0.2) is 26.6 Å². The van der Waals surface area contributed by atoms with Crippen molar-refractivity contribution in [2.24, 2.45) is 20.0 Å². The summed E-state index contributed by atoms with van der Waals surface area (Å²) in [5.41, 5.74) is 0.162. The van der Waals surface area contributed by atoms with Crippen molar-refractivity contribution in [1.82, 2.24) is 9.13 Å². The molecule has 0 amide bonds. The van der Waals surface area contributed by atoms with Crippen LogP contribution in [0.15, 0.2) is 45.1 Å². The summed E-state index contributed by atoms with van der Waals surface area (Å²) < 4.78 is 7.71. The van der Waals surface area contributed by atoms with Gasteiger partial charge < -0.3 is 10.1 Å². The van der Waals surface area contributed by atoms with E-state index in [0.29, 0.717) is 11.3 Å². The van der Waals surface area contributed by atoms with Crippen molar-refractivity contribution >= 4 is 17.5 Å². The average Bonchev–Trinajstić information content (AvgIpc) is 2.73. The zero-order valence-corrected chi connectivity index (χ0v) is 18.0. The van der Waals surface area contributed by atoms with Crippen LogP contribution in [0.3, 0.4) is 0 Å². The van der Waals surface area contributed by atoms with Gasteiger partial charge in [-0.25, -0.2) is 9.59 Å². The van der Waals surface area contributed by atoms with Gasteiger partial charge in [0.2, 0.25) is 0 Å². The van der Waals surface area contributed by atoms with Gasteiger partial charge in [0.15, 0.2) is 0 Å². The monoisotopic (exact) mass is 428 g/mol. The van der Waals surface area contributed by atoms with Crippen LogP contribution in [0, 0.1) is 16.0 Å². The molecule has 31 heavy (non-hydrogen) atoms. The van der Waals surface area contributed by atoms with E-state index in [9.17, 15) is 24.5 Å². The van der Waals surface area contributed by atoms with Gasteiger partial charge in [0.05, 0.1) is 28.6 Å². The summed E-state index contributed by atoms with van der Waals surface area (Å²) in [6.07, 6.45) is 0. The number of esters is 1. The maximum atomic E-state index is 13.1. The molecule has 1 aromatic carbocycles. The van der Waals surface area contributed by atoms with Crippen molar-refractivity contribution in [1.29, 1.82) is 0 Å². The molecule has 1 N–H and O–H groups in total. The Morgan fingerprint density at radius 1 is 1.19 bits per heavy atom. The highest BCUT2D eigenvalue weighted by Gasteiger charge is 2.37. The van der Waals surface area contributed by atoms with Crippen molar-refractivity contribution in [3.8, 4) is 0 Å². The number of carbonyl (C=O) groups excluding carboxylic acids is 1. The lowest BCUT2D eigenvalue weighted by Gasteiger charge is -2.31. The molecule has 0 bridgehead atoms. The lowest BCUT2D eigenvalue weighted by atomic mass is 9.82. The standard InChI is InChI=1S/C21H24N4O6/c1-11(2)10-31-20(27)15-12(3)22-18-17(19(26)24(5)21(28)23(18)4)16(15)13-6-8-14(9-7-13)25(29)30/h6-9,11,16,22H,10H2,1-5H3. The molecule has 1 aliphatic heterocycles. The van der Waals surface area contributed by atoms with Crippen LogP contribution in [0.25, 0.3) is 0 Å². The second kappa shape index (κ2) is 8.21. The molecule has 1 atom stereocenters. The summed E-state index contributed by atoms with van der Waals surface area (Å²) >= 11 is 0. The Kier molecular flexibility index (Phi) is 5.83. The Morgan fingerprint density at radius 3 is 2.35 bits per heavy atom. The number of rotatable bonds is 5. The molecule has 0 saturated heterocycles. The quantitative estimate of drug-likeness (QED) is 0.439. The van der Waals surface area contributed by atoms with E-state index in [1.165, 1.54) is 42.9 Å². The molecular weight excluding hydrogens is 404 g/mol. The van der Waals surface area contributed by atoms with Gasteiger partial charge in [-0.3, -0.25) is 24.0 Å². The first-order valence-corrected chi connectivity index (χ1v) is 9.73. The van der Waals surface area contributed by atoms with Gasteiger partial charge in [-0.1, -0.05) is 26.0 Å². The fraction of sp³-hybridized carbons (Fsp3) is 0.381. The predicted octanol–water partition coefficient (Wildman–Crippen LogP) is 2.02. The maximum absolute atomic E-state index is 13.1. The summed E-state index contributed by atoms with van der Waals surface area (Å²) in [4.78, 5) is 49.1. The number of allylic oxidation sites excluding steroid dienone is 1. The largest absolute Gasteiger partial charge is 0.462 e. The van der Waals surface area contributed by atoms with Crippen LogP contribution in [0.2, 0.25) is 0 Å². The van der Waals surface area contributed by atoms with E-state index in [0.717, 1.165) is 4.57 Å². The third-order valence-corrected chi connectivity index (χ3v) is 5.19. The number of benzene rings is 1. The predicted molar refractivity (Wildman–Crippen MR) is 114 cm³/mol. The first-order valence-electron chi connectivity index (χ1n) is 9.73. The summed E-state index contributed by atoms with van der Waals surface area (Å²) in [7, 11) is 2.88. The molecule has 3 rings (SSSR count). The van der Waals surface area contributed by atoms with Crippen LogP contribution < -0.4 is 16.6 Å². The number of nitro benzene ring substituents is 1. The maximum Gasteiger partial charge on any atom is 0.336 e. The van der Waals surface area contributed by atoms with Gasteiger partial charge >= 0.3 is 11.7 Å². The highest BCUT2D eigenvalue weighted by atomic mass is 16.6. The van der Waals surface area contributed by atoms with Gasteiger partial charge in [0.1, 0.15) is 5.82 Å². The number of ether oxygens (including phenoxy) is 1. The highest BCUT2D eigenvalue weighted by Crippen LogP contribution is 2.40. The molecule has 0 aliphatic carbocycles. The summed E-state index contributed by atoms with van der Waals surface area (Å²) in [6.45, 7) is 5.67. The van der Waals surface area contributed by atoms with Crippen LogP contribution >= 0.6 is 0 Å². The molecule has 0 saturated carbocycles. The number of hydrogen-bond donors (Lipinski definition) is 1. The number of nitro groups is 1. The smallest absolute Gasteiger partial charge is 0.336 e. The number of hydrogen-bond acceptors (Lipinski definition) is 7. The molecule has 1 aromatic heterocycles. The van der Waals surface area contributed by atoms with Gasteiger partial charge in [-0.05, 0) is 18.4 Å². The number of nitrogens with zero attached hydrogens (tertiary/aromatic N) is 3. The summed E-state index contributed by atoms with van der Waals surface area (Å²) in [6, 6.07) is 5.64. The minimum absolute atomic E-state index is 0.111. The number of fused-ring (bicyclic) bond motifs is 1. The Labute approximate surface area is 177 Å². The highest BCUT2D eigenvalue weighted by molar-refractivity contribution is 5.94. The lowest BCUT2D eigenvalue weighted by molar-refractivity contribution is -0.384. The van der Waals surface area contributed by atoms with Crippen LogP contribution in [0.1, 0.15) is 37.8 Å². The molecule has 1 unspecified atom stereocenters. The molecule has 10 nitrogen and oxygen atoms in total. The fourth-order valence-electron chi connectivity index (χ4n) is 3.60. The molecule has 2 heterocycles. The molecule has 1 aliphatic rings. The SMILES string of the molecule is CC1=C(C(=O)OCC(C)C)C(c2ccc([N+](=O)[O-])cc2)c2c(n(C)c(=O)n(C)c2=O)N1. The van der Waals surface area contributed by atoms with E-state index in [1.807, 2.05) is 13.8 Å². The van der Waals surface area contributed by atoms with E-state index in [-0.39, 0.29) is 35.2 Å². The van der Waals surface area contributed by atoms with E-state index in [1.54, 1.807) is 6.92 Å². The Hall–Kier alpha value is -3.69. The minimum Gasteiger partial charge on any atom is -0.462 e. The van der Waals surface area contributed by atoms with Crippen LogP contribution in [-0.2, 0) is 23.6 Å². The van der Waals surface area contributed by atoms with Crippen LogP contribution in [0.5, 0.6) is 0 Å². The summed E-state index contributed by atoms with van der Waals surface area (Å²) in [5.74, 6) is -1.07. The first kappa shape index (κ1) is 22.0. The van der Waals surface area contributed by atoms with E-state index in [2.05, 4.69) is 5.32 Å². The topological polar surface area (TPSA) is 125 Å². The molecule has 2 aromatic rings. The molecule has 0 radical (unpaired) electrons. The van der Waals surface area contributed by atoms with Crippen molar-refractivity contribution < 1.29 is 14.5 Å². The number of nitrogens with one attached hydrogen (secondary N) is 1. The third kappa shape index (κ3) is 3.88. The Balaban J connectivity index is 2.27. The van der Waals surface area contributed by atoms with E-state index >= 15 is 0 Å². The van der Waals surface area contributed by atoms with Gasteiger partial charge in [0, 0.05) is 31.9 Å². The fourth-order valence-corrected chi connectivity index (χ4v) is 3.60. The zero-order chi connectivity index (χ0) is 23.0. The van der Waals surface area contributed by atoms with Crippen molar-refractivity contribution in [2.45, 2.75) is 26.7 Å². The second-order valence-electron chi connectivity index (χ2n) is 7.91. The van der Waals surface area contributed by atoms with E-state index < -0.39 is 28.1 Å². The summed E-state index contributed by atoms with van der Waals surface area (Å²) in [5, 5.41) is 14.1. The molecular formula is C21H24N4O6.